The fraction of sp³-hybridized carbons (Fsp3) is 0.429. The van der Waals surface area contributed by atoms with Gasteiger partial charge in [-0.1, -0.05) is 11.6 Å². The summed E-state index contributed by atoms with van der Waals surface area (Å²) in [5.41, 5.74) is 5.51. The molecule has 2 atom stereocenters. The van der Waals surface area contributed by atoms with E-state index in [0.29, 0.717) is 0 Å². The third kappa shape index (κ3) is 2.48. The molecule has 1 rings (SSSR count). The van der Waals surface area contributed by atoms with E-state index >= 15 is 0 Å². The van der Waals surface area contributed by atoms with Gasteiger partial charge in [0.15, 0.2) is 0 Å². The smallest absolute Gasteiger partial charge is 0.221 e. The molecule has 2 unspecified atom stereocenters. The standard InChI is InChI=1S/C7H10ClN3O2S/c8-6-3(1-10-7(9)11-6)5(13)4(12)2-14/h1,4-5,12-14H,2H2,(H2,9,10,11). The molecule has 0 amide bonds. The quantitative estimate of drug-likeness (QED) is 0.439. The lowest BCUT2D eigenvalue weighted by atomic mass is 10.1. The van der Waals surface area contributed by atoms with Gasteiger partial charge in [-0.3, -0.25) is 0 Å². The van der Waals surface area contributed by atoms with Crippen molar-refractivity contribution in [3.05, 3.63) is 16.9 Å². The summed E-state index contributed by atoms with van der Waals surface area (Å²) in [5, 5.41) is 18.9. The highest BCUT2D eigenvalue weighted by atomic mass is 35.5. The number of aliphatic hydroxyl groups is 2. The number of nitrogen functional groups attached to an aromatic ring is 1. The van der Waals surface area contributed by atoms with Crippen LogP contribution in [0.25, 0.3) is 0 Å². The van der Waals surface area contributed by atoms with Crippen LogP contribution in [0.4, 0.5) is 5.95 Å². The zero-order valence-electron chi connectivity index (χ0n) is 7.13. The van der Waals surface area contributed by atoms with Gasteiger partial charge in [-0.2, -0.15) is 12.6 Å². The Bertz CT molecular complexity index is 326. The van der Waals surface area contributed by atoms with Gasteiger partial charge in [0.05, 0.1) is 6.10 Å². The van der Waals surface area contributed by atoms with Gasteiger partial charge in [0.2, 0.25) is 5.95 Å². The van der Waals surface area contributed by atoms with Gasteiger partial charge in [0, 0.05) is 17.5 Å². The van der Waals surface area contributed by atoms with Gasteiger partial charge in [-0.25, -0.2) is 9.97 Å². The van der Waals surface area contributed by atoms with Gasteiger partial charge < -0.3 is 15.9 Å². The Labute approximate surface area is 91.4 Å². The molecule has 0 spiro atoms. The lowest BCUT2D eigenvalue weighted by Crippen LogP contribution is -2.20. The number of hydrogen-bond donors (Lipinski definition) is 4. The van der Waals surface area contributed by atoms with Crippen molar-refractivity contribution in [1.29, 1.82) is 0 Å². The second kappa shape index (κ2) is 4.79. The average Bonchev–Trinajstić information content (AvgIpc) is 2.15. The molecule has 5 nitrogen and oxygen atoms in total. The molecule has 0 aliphatic rings. The SMILES string of the molecule is Nc1ncc(C(O)C(O)CS)c(Cl)n1. The second-order valence-electron chi connectivity index (χ2n) is 2.67. The average molecular weight is 236 g/mol. The molecule has 4 N–H and O–H groups in total. The van der Waals surface area contributed by atoms with Crippen molar-refractivity contribution >= 4 is 30.2 Å². The van der Waals surface area contributed by atoms with E-state index in [1.165, 1.54) is 6.20 Å². The summed E-state index contributed by atoms with van der Waals surface area (Å²) in [7, 11) is 0. The Morgan fingerprint density at radius 1 is 1.57 bits per heavy atom. The number of hydrogen-bond acceptors (Lipinski definition) is 6. The predicted octanol–water partition coefficient (Wildman–Crippen LogP) is 0.0363. The number of nitrogens with zero attached hydrogens (tertiary/aromatic N) is 2. The lowest BCUT2D eigenvalue weighted by molar-refractivity contribution is 0.0334. The zero-order valence-corrected chi connectivity index (χ0v) is 8.78. The molecule has 0 aliphatic heterocycles. The topological polar surface area (TPSA) is 92.3 Å². The maximum absolute atomic E-state index is 9.56. The van der Waals surface area contributed by atoms with E-state index in [4.69, 9.17) is 17.3 Å². The molecule has 1 aromatic heterocycles. The van der Waals surface area contributed by atoms with Crippen LogP contribution in [0.3, 0.4) is 0 Å². The number of nitrogens with two attached hydrogens (primary N) is 1. The molecule has 0 radical (unpaired) electrons. The van der Waals surface area contributed by atoms with Crippen LogP contribution in [0.15, 0.2) is 6.20 Å². The summed E-state index contributed by atoms with van der Waals surface area (Å²) in [6.07, 6.45) is -0.884. The highest BCUT2D eigenvalue weighted by molar-refractivity contribution is 7.80. The number of aromatic nitrogens is 2. The molecular weight excluding hydrogens is 226 g/mol. The van der Waals surface area contributed by atoms with E-state index in [-0.39, 0.29) is 22.4 Å². The van der Waals surface area contributed by atoms with Crippen LogP contribution in [0, 0.1) is 0 Å². The van der Waals surface area contributed by atoms with Crippen LogP contribution < -0.4 is 5.73 Å². The Kier molecular flexibility index (Phi) is 3.94. The van der Waals surface area contributed by atoms with Crippen LogP contribution in [0.5, 0.6) is 0 Å². The number of thiol groups is 1. The van der Waals surface area contributed by atoms with E-state index in [2.05, 4.69) is 22.6 Å². The second-order valence-corrected chi connectivity index (χ2v) is 3.39. The summed E-state index contributed by atoms with van der Waals surface area (Å²) in [6.45, 7) is 0. The Morgan fingerprint density at radius 2 is 2.21 bits per heavy atom. The van der Waals surface area contributed by atoms with E-state index in [0.717, 1.165) is 0 Å². The largest absolute Gasteiger partial charge is 0.389 e. The van der Waals surface area contributed by atoms with E-state index in [9.17, 15) is 10.2 Å². The molecule has 0 bridgehead atoms. The van der Waals surface area contributed by atoms with E-state index in [1.807, 2.05) is 0 Å². The molecule has 78 valence electrons. The monoisotopic (exact) mass is 235 g/mol. The molecule has 1 aromatic rings. The molecular formula is C7H10ClN3O2S. The van der Waals surface area contributed by atoms with E-state index in [1.54, 1.807) is 0 Å². The third-order valence-corrected chi connectivity index (χ3v) is 2.33. The Balaban J connectivity index is 2.95. The number of halogens is 1. The van der Waals surface area contributed by atoms with Crippen molar-refractivity contribution in [2.75, 3.05) is 11.5 Å². The fourth-order valence-electron chi connectivity index (χ4n) is 0.888. The van der Waals surface area contributed by atoms with Gasteiger partial charge >= 0.3 is 0 Å². The van der Waals surface area contributed by atoms with Crippen molar-refractivity contribution in [3.8, 4) is 0 Å². The molecule has 1 heterocycles. The van der Waals surface area contributed by atoms with Gasteiger partial charge in [0.1, 0.15) is 11.3 Å². The van der Waals surface area contributed by atoms with Crippen molar-refractivity contribution in [2.24, 2.45) is 0 Å². The fourth-order valence-corrected chi connectivity index (χ4v) is 1.34. The molecule has 0 aliphatic carbocycles. The number of anilines is 1. The van der Waals surface area contributed by atoms with Crippen molar-refractivity contribution in [2.45, 2.75) is 12.2 Å². The first-order valence-corrected chi connectivity index (χ1v) is 4.82. The molecule has 14 heavy (non-hydrogen) atoms. The first-order chi connectivity index (χ1) is 6.56. The first kappa shape index (κ1) is 11.5. The summed E-state index contributed by atoms with van der Waals surface area (Å²) < 4.78 is 0. The minimum Gasteiger partial charge on any atom is -0.389 e. The van der Waals surface area contributed by atoms with Crippen molar-refractivity contribution in [1.82, 2.24) is 9.97 Å². The third-order valence-electron chi connectivity index (χ3n) is 1.66. The molecule has 7 heteroatoms. The summed E-state index contributed by atoms with van der Waals surface area (Å²) >= 11 is 9.54. The van der Waals surface area contributed by atoms with Crippen LogP contribution in [0.1, 0.15) is 11.7 Å². The molecule has 0 saturated heterocycles. The summed E-state index contributed by atoms with van der Waals surface area (Å²) in [5.74, 6) is 0.133. The van der Waals surface area contributed by atoms with E-state index < -0.39 is 12.2 Å². The Morgan fingerprint density at radius 3 is 2.71 bits per heavy atom. The minimum absolute atomic E-state index is 0.0197. The molecule has 0 fully saturated rings. The molecule has 0 aromatic carbocycles. The summed E-state index contributed by atoms with van der Waals surface area (Å²) in [6, 6.07) is 0. The van der Waals surface area contributed by atoms with Crippen molar-refractivity contribution in [3.63, 3.8) is 0 Å². The summed E-state index contributed by atoms with van der Waals surface area (Å²) in [4.78, 5) is 7.31. The van der Waals surface area contributed by atoms with Crippen LogP contribution in [0.2, 0.25) is 5.15 Å². The van der Waals surface area contributed by atoms with Crippen LogP contribution >= 0.6 is 24.2 Å². The Hall–Kier alpha value is -0.560. The van der Waals surface area contributed by atoms with Crippen molar-refractivity contribution < 1.29 is 10.2 Å². The normalized spacial score (nSPS) is 15.1. The predicted molar refractivity (Wildman–Crippen MR) is 56.3 cm³/mol. The highest BCUT2D eigenvalue weighted by Crippen LogP contribution is 2.23. The minimum atomic E-state index is -1.15. The highest BCUT2D eigenvalue weighted by Gasteiger charge is 2.20. The molecule has 0 saturated carbocycles. The van der Waals surface area contributed by atoms with Crippen LogP contribution in [-0.4, -0.2) is 32.0 Å². The number of aliphatic hydroxyl groups excluding tert-OH is 2. The van der Waals surface area contributed by atoms with Gasteiger partial charge in [-0.05, 0) is 0 Å². The maximum atomic E-state index is 9.56. The first-order valence-electron chi connectivity index (χ1n) is 3.81. The number of rotatable bonds is 3. The van der Waals surface area contributed by atoms with Gasteiger partial charge in [0.25, 0.3) is 0 Å². The van der Waals surface area contributed by atoms with Gasteiger partial charge in [-0.15, -0.1) is 0 Å². The zero-order chi connectivity index (χ0) is 10.7. The maximum Gasteiger partial charge on any atom is 0.221 e. The van der Waals surface area contributed by atoms with Crippen LogP contribution in [-0.2, 0) is 0 Å². The lowest BCUT2D eigenvalue weighted by Gasteiger charge is -2.16.